The van der Waals surface area contributed by atoms with Crippen molar-refractivity contribution in [1.82, 2.24) is 24.5 Å². The van der Waals surface area contributed by atoms with Crippen LogP contribution in [-0.4, -0.2) is 30.0 Å². The normalized spacial score (nSPS) is 11.9. The van der Waals surface area contributed by atoms with Crippen molar-refractivity contribution in [3.63, 3.8) is 0 Å². The van der Waals surface area contributed by atoms with Crippen LogP contribution < -0.4 is 10.1 Å². The predicted molar refractivity (Wildman–Crippen MR) is 126 cm³/mol. The molecule has 0 aliphatic heterocycles. The maximum atomic E-state index is 12.9. The molecule has 4 N–H and O–H groups in total. The van der Waals surface area contributed by atoms with Crippen LogP contribution >= 0.6 is 0 Å². The smallest absolute Gasteiger partial charge is 0.432 e. The van der Waals surface area contributed by atoms with E-state index in [1.807, 2.05) is 0 Å². The number of ether oxygens (including phenoxy) is 1. The van der Waals surface area contributed by atoms with Crippen LogP contribution in [0.25, 0.3) is 22.6 Å². The molecule has 0 amide bonds. The third-order valence-corrected chi connectivity index (χ3v) is 5.41. The molecule has 2 aromatic carbocycles. The summed E-state index contributed by atoms with van der Waals surface area (Å²) in [6, 6.07) is 12.7. The van der Waals surface area contributed by atoms with E-state index in [4.69, 9.17) is 4.74 Å². The number of halogens is 6. The fourth-order valence-corrected chi connectivity index (χ4v) is 3.56. The van der Waals surface area contributed by atoms with Gasteiger partial charge in [0.1, 0.15) is 22.9 Å². The van der Waals surface area contributed by atoms with E-state index in [-0.39, 0.29) is 17.0 Å². The zero-order valence-corrected chi connectivity index (χ0v) is 19.3. The molecule has 0 fully saturated rings. The summed E-state index contributed by atoms with van der Waals surface area (Å²) in [6.07, 6.45) is -6.91. The molecular formula is C24H18F6N6O2. The van der Waals surface area contributed by atoms with Crippen molar-refractivity contribution in [3.8, 4) is 23.0 Å². The molecular weight excluding hydrogens is 518 g/mol. The lowest BCUT2D eigenvalue weighted by Gasteiger charge is -2.09. The zero-order chi connectivity index (χ0) is 26.4. The van der Waals surface area contributed by atoms with E-state index >= 15 is 0 Å². The Balaban J connectivity index is 0.00000336. The number of imidazole rings is 2. The molecule has 0 saturated heterocycles. The number of hydrogen-bond acceptors (Lipinski definition) is 5. The van der Waals surface area contributed by atoms with E-state index < -0.39 is 23.6 Å². The van der Waals surface area contributed by atoms with Gasteiger partial charge < -0.3 is 25.1 Å². The minimum Gasteiger partial charge on any atom is -0.457 e. The molecule has 3 heterocycles. The third-order valence-electron chi connectivity index (χ3n) is 5.41. The van der Waals surface area contributed by atoms with Crippen molar-refractivity contribution in [3.05, 3.63) is 78.2 Å². The summed E-state index contributed by atoms with van der Waals surface area (Å²) in [5, 5.41) is 2.99. The number of rotatable bonds is 5. The Morgan fingerprint density at radius 3 is 2.24 bits per heavy atom. The molecule has 0 spiro atoms. The number of nitrogens with zero attached hydrogens (tertiary/aromatic N) is 4. The van der Waals surface area contributed by atoms with Gasteiger partial charge in [0.15, 0.2) is 5.82 Å². The lowest BCUT2D eigenvalue weighted by Crippen LogP contribution is -2.05. The fraction of sp³-hybridized carbons (Fsp3) is 0.125. The number of H-pyrrole nitrogens is 1. The summed E-state index contributed by atoms with van der Waals surface area (Å²) in [4.78, 5) is 14.5. The molecule has 5 aromatic rings. The van der Waals surface area contributed by atoms with Crippen LogP contribution in [0.2, 0.25) is 0 Å². The highest BCUT2D eigenvalue weighted by Crippen LogP contribution is 2.33. The lowest BCUT2D eigenvalue weighted by molar-refractivity contribution is -0.141. The Kier molecular flexibility index (Phi) is 6.76. The van der Waals surface area contributed by atoms with E-state index in [2.05, 4.69) is 25.3 Å². The molecule has 0 bridgehead atoms. The quantitative estimate of drug-likeness (QED) is 0.263. The van der Waals surface area contributed by atoms with E-state index in [1.54, 1.807) is 29.8 Å². The number of hydrogen-bond donors (Lipinski definition) is 2. The number of aromatic nitrogens is 5. The predicted octanol–water partition coefficient (Wildman–Crippen LogP) is 6.11. The van der Waals surface area contributed by atoms with Crippen LogP contribution in [0.15, 0.2) is 67.0 Å². The molecule has 8 nitrogen and oxygen atoms in total. The van der Waals surface area contributed by atoms with Crippen LogP contribution in [0.3, 0.4) is 0 Å². The summed E-state index contributed by atoms with van der Waals surface area (Å²) in [7, 11) is 1.75. The average molecular weight is 536 g/mol. The van der Waals surface area contributed by atoms with Crippen molar-refractivity contribution in [2.45, 2.75) is 12.4 Å². The largest absolute Gasteiger partial charge is 0.457 e. The van der Waals surface area contributed by atoms with Gasteiger partial charge >= 0.3 is 12.4 Å². The number of anilines is 2. The average Bonchev–Trinajstić information content (AvgIpc) is 3.45. The third kappa shape index (κ3) is 5.39. The van der Waals surface area contributed by atoms with Gasteiger partial charge in [-0.25, -0.2) is 9.97 Å². The minimum atomic E-state index is -4.56. The number of nitrogens with one attached hydrogen (secondary N) is 2. The number of pyridine rings is 1. The number of aryl methyl sites for hydroxylation is 1. The summed E-state index contributed by atoms with van der Waals surface area (Å²) in [5.41, 5.74) is 0.125. The number of fused-ring (bicyclic) bond motifs is 1. The van der Waals surface area contributed by atoms with E-state index in [1.165, 1.54) is 30.5 Å². The van der Waals surface area contributed by atoms with Gasteiger partial charge in [-0.3, -0.25) is 4.98 Å². The topological polar surface area (TPSA) is 112 Å². The summed E-state index contributed by atoms with van der Waals surface area (Å²) >= 11 is 0. The standard InChI is InChI=1S/C24H16F6N6O.H2O/c1-36-19-7-6-15(10-17(19)34-22(36)33-14-4-2-13(3-5-14)23(25,26)27)37-16-8-9-31-18(11-16)21-32-12-20(35-21)24(28,29)30;/h2-12H,1H3,(H,32,35)(H,33,34);1H2. The second-order valence-electron chi connectivity index (χ2n) is 7.97. The van der Waals surface area contributed by atoms with Gasteiger partial charge in [-0.1, -0.05) is 0 Å². The molecule has 0 atom stereocenters. The number of alkyl halides is 6. The van der Waals surface area contributed by atoms with Gasteiger partial charge in [0.2, 0.25) is 5.95 Å². The maximum Gasteiger partial charge on any atom is 0.432 e. The second kappa shape index (κ2) is 9.70. The molecule has 0 unspecified atom stereocenters. The van der Waals surface area contributed by atoms with Crippen LogP contribution in [0.4, 0.5) is 38.0 Å². The van der Waals surface area contributed by atoms with Crippen molar-refractivity contribution in [1.29, 1.82) is 0 Å². The first kappa shape index (κ1) is 26.5. The molecule has 0 radical (unpaired) electrons. The SMILES string of the molecule is Cn1c(Nc2ccc(C(F)(F)F)cc2)nc2cc(Oc3ccnc(-c4ncc(C(F)(F)F)[nH]4)c3)ccc21.O. The molecule has 38 heavy (non-hydrogen) atoms. The first-order valence-electron chi connectivity index (χ1n) is 10.6. The number of benzene rings is 2. The summed E-state index contributed by atoms with van der Waals surface area (Å²) in [6.45, 7) is 0. The van der Waals surface area contributed by atoms with Crippen molar-refractivity contribution < 1.29 is 36.6 Å². The molecule has 5 rings (SSSR count). The Bertz CT molecular complexity index is 1570. The number of aromatic amines is 1. The van der Waals surface area contributed by atoms with Crippen LogP contribution in [0, 0.1) is 0 Å². The lowest BCUT2D eigenvalue weighted by atomic mass is 10.2. The van der Waals surface area contributed by atoms with Crippen LogP contribution in [-0.2, 0) is 19.4 Å². The highest BCUT2D eigenvalue weighted by molar-refractivity contribution is 5.81. The maximum absolute atomic E-state index is 12.9. The van der Waals surface area contributed by atoms with Crippen LogP contribution in [0.5, 0.6) is 11.5 Å². The van der Waals surface area contributed by atoms with Crippen LogP contribution in [0.1, 0.15) is 11.3 Å². The summed E-state index contributed by atoms with van der Waals surface area (Å²) < 4.78 is 84.5. The first-order valence-corrected chi connectivity index (χ1v) is 10.6. The molecule has 0 saturated carbocycles. The van der Waals surface area contributed by atoms with Gasteiger partial charge in [-0.15, -0.1) is 0 Å². The Morgan fingerprint density at radius 2 is 1.58 bits per heavy atom. The van der Waals surface area contributed by atoms with Crippen molar-refractivity contribution in [2.75, 3.05) is 5.32 Å². The van der Waals surface area contributed by atoms with Crippen molar-refractivity contribution >= 4 is 22.7 Å². The van der Waals surface area contributed by atoms with Gasteiger partial charge in [0.25, 0.3) is 0 Å². The monoisotopic (exact) mass is 536 g/mol. The van der Waals surface area contributed by atoms with E-state index in [9.17, 15) is 26.3 Å². The van der Waals surface area contributed by atoms with E-state index in [0.717, 1.165) is 17.6 Å². The highest BCUT2D eigenvalue weighted by atomic mass is 19.4. The minimum absolute atomic E-state index is 0. The Labute approximate surface area is 210 Å². The second-order valence-corrected chi connectivity index (χ2v) is 7.97. The summed E-state index contributed by atoms with van der Waals surface area (Å²) in [5.74, 6) is 1.06. The highest BCUT2D eigenvalue weighted by Gasteiger charge is 2.33. The Hall–Kier alpha value is -4.59. The van der Waals surface area contributed by atoms with Gasteiger partial charge in [-0.2, -0.15) is 26.3 Å². The van der Waals surface area contributed by atoms with Gasteiger partial charge in [0, 0.05) is 31.1 Å². The van der Waals surface area contributed by atoms with Crippen molar-refractivity contribution in [2.24, 2.45) is 7.05 Å². The first-order chi connectivity index (χ1) is 17.5. The molecule has 0 aliphatic rings. The molecule has 14 heteroatoms. The fourth-order valence-electron chi connectivity index (χ4n) is 3.56. The molecule has 198 valence electrons. The molecule has 0 aliphatic carbocycles. The van der Waals surface area contributed by atoms with Gasteiger partial charge in [0.05, 0.1) is 22.8 Å². The zero-order valence-electron chi connectivity index (χ0n) is 19.3. The van der Waals surface area contributed by atoms with E-state index in [0.29, 0.717) is 34.8 Å². The molecule has 3 aromatic heterocycles. The van der Waals surface area contributed by atoms with Gasteiger partial charge in [-0.05, 0) is 42.5 Å². The Morgan fingerprint density at radius 1 is 0.868 bits per heavy atom.